The molecule has 0 spiro atoms. The molecule has 0 saturated carbocycles. The molecule has 1 heterocycles. The Kier molecular flexibility index (Phi) is 15.7. The zero-order valence-corrected chi connectivity index (χ0v) is 29.8. The molecule has 264 valence electrons. The van der Waals surface area contributed by atoms with Gasteiger partial charge in [0.05, 0.1) is 16.8 Å². The minimum absolute atomic E-state index is 0.0204. The molecular weight excluding hydrogens is 605 g/mol. The molecule has 3 rings (SSSR count). The van der Waals surface area contributed by atoms with E-state index in [2.05, 4.69) is 16.8 Å². The van der Waals surface area contributed by atoms with E-state index in [-0.39, 0.29) is 29.9 Å². The number of carbonyl (C=O) groups is 2. The Morgan fingerprint density at radius 3 is 2.15 bits per heavy atom. The van der Waals surface area contributed by atoms with Gasteiger partial charge in [0.2, 0.25) is 5.72 Å². The molecule has 1 atom stereocenters. The summed E-state index contributed by atoms with van der Waals surface area (Å²) in [6, 6.07) is 9.72. The number of likely N-dealkylation sites (N-methyl/N-ethyl adjacent to an activating group) is 1. The molecule has 0 aromatic heterocycles. The molecule has 1 aliphatic rings. The number of nitrogens with one attached hydrogen (secondary N) is 1. The number of benzene rings is 2. The first-order chi connectivity index (χ1) is 22.0. The van der Waals surface area contributed by atoms with Crippen molar-refractivity contribution in [2.45, 2.75) is 111 Å². The van der Waals surface area contributed by atoms with Crippen LogP contribution in [0.4, 0.5) is 4.39 Å². The largest absolute Gasteiger partial charge is 0.488 e. The van der Waals surface area contributed by atoms with Crippen LogP contribution in [0.5, 0.6) is 5.75 Å². The number of hydrogen-bond donors (Lipinski definition) is 4. The Hall–Kier alpha value is -3.35. The minimum Gasteiger partial charge on any atom is -0.488 e. The second kappa shape index (κ2) is 17.7. The number of aldehydes is 1. The molecule has 10 nitrogen and oxygen atoms in total. The fourth-order valence-electron chi connectivity index (χ4n) is 5.97. The van der Waals surface area contributed by atoms with Crippen LogP contribution in [0.25, 0.3) is 0 Å². The first-order valence-corrected chi connectivity index (χ1v) is 16.2. The van der Waals surface area contributed by atoms with E-state index in [1.165, 1.54) is 13.1 Å². The molecule has 1 unspecified atom stereocenters. The minimum atomic E-state index is -3.02. The zero-order chi connectivity index (χ0) is 36.2. The number of carbonyl (C=O) groups excluding carboxylic acids is 2. The van der Waals surface area contributed by atoms with E-state index in [1.54, 1.807) is 37.3 Å². The molecule has 1 amide bonds. The van der Waals surface area contributed by atoms with E-state index in [0.717, 1.165) is 6.20 Å². The predicted molar refractivity (Wildman–Crippen MR) is 182 cm³/mol. The first kappa shape index (κ1) is 41.7. The summed E-state index contributed by atoms with van der Waals surface area (Å²) >= 11 is 0. The van der Waals surface area contributed by atoms with Crippen molar-refractivity contribution >= 4 is 12.2 Å². The lowest BCUT2D eigenvalue weighted by Gasteiger charge is -2.47. The molecule has 11 heteroatoms. The number of rotatable bonds is 13. The summed E-state index contributed by atoms with van der Waals surface area (Å²) < 4.78 is 27.9. The second-order valence-corrected chi connectivity index (χ2v) is 12.2. The Labute approximate surface area is 280 Å². The van der Waals surface area contributed by atoms with Gasteiger partial charge in [-0.1, -0.05) is 64.6 Å². The quantitative estimate of drug-likeness (QED) is 0.171. The molecule has 47 heavy (non-hydrogen) atoms. The highest BCUT2D eigenvalue weighted by Gasteiger charge is 2.51. The third-order valence-electron chi connectivity index (χ3n) is 7.39. The number of nitrogens with zero attached hydrogens (tertiary/aromatic N) is 2. The van der Waals surface area contributed by atoms with E-state index >= 15 is 4.39 Å². The third kappa shape index (κ3) is 10.3. The highest BCUT2D eigenvalue weighted by molar-refractivity contribution is 5.84. The smallest absolute Gasteiger partial charge is 0.281 e. The average Bonchev–Trinajstić information content (AvgIpc) is 3.00. The van der Waals surface area contributed by atoms with Crippen molar-refractivity contribution in [1.29, 1.82) is 0 Å². The monoisotopic (exact) mass is 661 g/mol. The van der Waals surface area contributed by atoms with Crippen LogP contribution in [0.1, 0.15) is 90.5 Å². The van der Waals surface area contributed by atoms with Crippen molar-refractivity contribution in [2.24, 2.45) is 0 Å². The van der Waals surface area contributed by atoms with Crippen molar-refractivity contribution in [3.8, 4) is 5.75 Å². The lowest BCUT2D eigenvalue weighted by molar-refractivity contribution is -0.313. The second-order valence-electron chi connectivity index (χ2n) is 12.2. The van der Waals surface area contributed by atoms with Gasteiger partial charge in [0.1, 0.15) is 24.5 Å². The summed E-state index contributed by atoms with van der Waals surface area (Å²) in [5, 5.41) is 36.5. The van der Waals surface area contributed by atoms with Crippen molar-refractivity contribution in [2.75, 3.05) is 20.1 Å². The predicted octanol–water partition coefficient (Wildman–Crippen LogP) is 5.11. The van der Waals surface area contributed by atoms with Crippen LogP contribution in [0, 0.1) is 12.7 Å². The van der Waals surface area contributed by atoms with Gasteiger partial charge in [0, 0.05) is 56.9 Å². The van der Waals surface area contributed by atoms with E-state index < -0.39 is 41.0 Å². The van der Waals surface area contributed by atoms with Gasteiger partial charge in [0.25, 0.3) is 11.8 Å². The first-order valence-electron chi connectivity index (χ1n) is 16.2. The fraction of sp³-hybridized carbons (Fsp3) is 0.556. The molecule has 0 radical (unpaired) electrons. The van der Waals surface area contributed by atoms with Crippen LogP contribution in [0.3, 0.4) is 0 Å². The Morgan fingerprint density at radius 2 is 1.62 bits per heavy atom. The molecule has 0 bridgehead atoms. The number of amides is 1. The number of hydrogen-bond acceptors (Lipinski definition) is 9. The molecule has 1 aliphatic heterocycles. The number of aliphatic hydroxyl groups is 3. The molecule has 4 N–H and O–H groups in total. The molecule has 2 aromatic rings. The van der Waals surface area contributed by atoms with Gasteiger partial charge in [-0.25, -0.2) is 4.39 Å². The molecule has 0 aliphatic carbocycles. The lowest BCUT2D eigenvalue weighted by Crippen LogP contribution is -2.63. The van der Waals surface area contributed by atoms with Gasteiger partial charge in [-0.3, -0.25) is 14.6 Å². The average molecular weight is 662 g/mol. The highest BCUT2D eigenvalue weighted by atomic mass is 19.1. The van der Waals surface area contributed by atoms with Crippen LogP contribution in [0.2, 0.25) is 0 Å². The summed E-state index contributed by atoms with van der Waals surface area (Å²) in [7, 11) is 1.26. The Bertz CT molecular complexity index is 1320. The summed E-state index contributed by atoms with van der Waals surface area (Å²) in [5.41, 5.74) is -2.44. The number of ether oxygens (including phenoxy) is 2. The Balaban J connectivity index is 0.00000265. The number of morpholine rings is 1. The topological polar surface area (TPSA) is 132 Å². The number of halogens is 1. The van der Waals surface area contributed by atoms with Crippen LogP contribution in [-0.4, -0.2) is 74.4 Å². The summed E-state index contributed by atoms with van der Waals surface area (Å²) in [4.78, 5) is 26.5. The molecular formula is C36H56FN3O7. The standard InChI is InChI=1S/C32H44FN3O7.2C2H6/c1-8-36(31(39,16-11-17-37)28(38)34-7)32(40,41)26-22(2)12-9-15-25(26)42-19-24-14-10-13-23(27(24)33)18-35-20-29(3,4)43-30(5,6)21-35;2*1-2/h8-10,12-15,17,39-41H,1,11,16,18-21H2,2-7H3,(H,34,38);2*1-2H3. The number of aryl methyl sites for hydroxylation is 1. The zero-order valence-electron chi connectivity index (χ0n) is 29.8. The lowest BCUT2D eigenvalue weighted by atomic mass is 9.98. The van der Waals surface area contributed by atoms with E-state index in [1.807, 2.05) is 55.4 Å². The summed E-state index contributed by atoms with van der Waals surface area (Å²) in [6.45, 7) is 22.6. The maximum absolute atomic E-state index is 15.8. The fourth-order valence-corrected chi connectivity index (χ4v) is 5.97. The SMILES string of the molecule is C=CN(C(O)(CCC=O)C(=O)NC)C(O)(O)c1c(C)cccc1OCc1cccc(CN2CC(C)(C)OC(C)(C)C2)c1F.CC.CC. The van der Waals surface area contributed by atoms with Crippen LogP contribution >= 0.6 is 0 Å². The van der Waals surface area contributed by atoms with Gasteiger partial charge >= 0.3 is 0 Å². The van der Waals surface area contributed by atoms with E-state index in [4.69, 9.17) is 9.47 Å². The van der Waals surface area contributed by atoms with Crippen molar-refractivity contribution < 1.29 is 38.8 Å². The third-order valence-corrected chi connectivity index (χ3v) is 7.39. The van der Waals surface area contributed by atoms with Crippen LogP contribution < -0.4 is 10.1 Å². The molecule has 2 aromatic carbocycles. The highest BCUT2D eigenvalue weighted by Crippen LogP contribution is 2.39. The van der Waals surface area contributed by atoms with Crippen LogP contribution in [0.15, 0.2) is 49.2 Å². The van der Waals surface area contributed by atoms with Crippen molar-refractivity contribution in [1.82, 2.24) is 15.1 Å². The van der Waals surface area contributed by atoms with Crippen LogP contribution in [-0.2, 0) is 33.4 Å². The van der Waals surface area contributed by atoms with Crippen molar-refractivity contribution in [3.05, 3.63) is 77.2 Å². The van der Waals surface area contributed by atoms with E-state index in [9.17, 15) is 24.9 Å². The van der Waals surface area contributed by atoms with Crippen molar-refractivity contribution in [3.63, 3.8) is 0 Å². The maximum atomic E-state index is 15.8. The van der Waals surface area contributed by atoms with Gasteiger partial charge in [-0.05, 0) is 46.2 Å². The van der Waals surface area contributed by atoms with Gasteiger partial charge in [-0.15, -0.1) is 0 Å². The molecule has 1 fully saturated rings. The molecule has 1 saturated heterocycles. The Morgan fingerprint density at radius 1 is 1.06 bits per heavy atom. The maximum Gasteiger partial charge on any atom is 0.281 e. The van der Waals surface area contributed by atoms with Gasteiger partial charge < -0.3 is 34.9 Å². The summed E-state index contributed by atoms with van der Waals surface area (Å²) in [5.74, 6) is -4.46. The normalized spacial score (nSPS) is 16.6. The summed E-state index contributed by atoms with van der Waals surface area (Å²) in [6.07, 6.45) is 0.685. The van der Waals surface area contributed by atoms with Gasteiger partial charge in [0.15, 0.2) is 0 Å². The van der Waals surface area contributed by atoms with E-state index in [0.29, 0.717) is 41.9 Å². The van der Waals surface area contributed by atoms with Gasteiger partial charge in [-0.2, -0.15) is 0 Å².